The first-order chi connectivity index (χ1) is 6.86. The summed E-state index contributed by atoms with van der Waals surface area (Å²) in [5.74, 6) is 0. The molecule has 1 heterocycles. The van der Waals surface area contributed by atoms with Gasteiger partial charge in [-0.05, 0) is 45.3 Å². The Kier molecular flexibility index (Phi) is 5.88. The van der Waals surface area contributed by atoms with Gasteiger partial charge in [0.1, 0.15) is 0 Å². The molecule has 1 aliphatic rings. The number of hydrogen-bond donors (Lipinski definition) is 1. The van der Waals surface area contributed by atoms with Gasteiger partial charge in [0.25, 0.3) is 0 Å². The van der Waals surface area contributed by atoms with Crippen LogP contribution in [-0.4, -0.2) is 37.1 Å². The van der Waals surface area contributed by atoms with Gasteiger partial charge in [-0.2, -0.15) is 0 Å². The van der Waals surface area contributed by atoms with Gasteiger partial charge in [0.15, 0.2) is 0 Å². The quantitative estimate of drug-likeness (QED) is 0.627. The van der Waals surface area contributed by atoms with E-state index in [0.717, 1.165) is 12.6 Å². The highest BCUT2D eigenvalue weighted by atomic mass is 15.1. The molecule has 1 N–H and O–H groups in total. The molecule has 2 heteroatoms. The molecule has 1 saturated heterocycles. The highest BCUT2D eigenvalue weighted by Gasteiger charge is 2.14. The lowest BCUT2D eigenvalue weighted by Gasteiger charge is -2.21. The maximum Gasteiger partial charge on any atom is 0.0160 e. The van der Waals surface area contributed by atoms with Gasteiger partial charge in [0, 0.05) is 12.6 Å². The van der Waals surface area contributed by atoms with E-state index in [4.69, 9.17) is 0 Å². The maximum absolute atomic E-state index is 3.81. The fraction of sp³-hybridized carbons (Fsp3) is 0.833. The van der Waals surface area contributed by atoms with Gasteiger partial charge in [-0.15, -0.1) is 6.58 Å². The van der Waals surface area contributed by atoms with E-state index in [9.17, 15) is 0 Å². The summed E-state index contributed by atoms with van der Waals surface area (Å²) in [5.41, 5.74) is 0. The molecule has 0 bridgehead atoms. The van der Waals surface area contributed by atoms with Gasteiger partial charge in [0.2, 0.25) is 0 Å². The Morgan fingerprint density at radius 2 is 2.36 bits per heavy atom. The third kappa shape index (κ3) is 4.25. The van der Waals surface area contributed by atoms with Crippen LogP contribution in [0, 0.1) is 0 Å². The summed E-state index contributed by atoms with van der Waals surface area (Å²) in [6.45, 7) is 10.7. The molecule has 1 unspecified atom stereocenters. The minimum Gasteiger partial charge on any atom is -0.314 e. The molecule has 0 aromatic carbocycles. The first kappa shape index (κ1) is 11.7. The molecule has 1 atom stereocenters. The molecule has 0 spiro atoms. The molecule has 0 aliphatic carbocycles. The molecule has 1 rings (SSSR count). The van der Waals surface area contributed by atoms with Gasteiger partial charge in [-0.25, -0.2) is 0 Å². The van der Waals surface area contributed by atoms with Crippen LogP contribution in [-0.2, 0) is 0 Å². The van der Waals surface area contributed by atoms with Crippen molar-refractivity contribution in [1.29, 1.82) is 0 Å². The lowest BCUT2D eigenvalue weighted by Crippen LogP contribution is -2.31. The summed E-state index contributed by atoms with van der Waals surface area (Å²) in [4.78, 5) is 2.49. The molecule has 0 radical (unpaired) electrons. The summed E-state index contributed by atoms with van der Waals surface area (Å²) in [7, 11) is 0. The van der Waals surface area contributed by atoms with E-state index in [1.165, 1.54) is 45.3 Å². The predicted molar refractivity (Wildman–Crippen MR) is 62.6 cm³/mol. The predicted octanol–water partition coefficient (Wildman–Crippen LogP) is 2.03. The molecule has 1 aliphatic heterocycles. The van der Waals surface area contributed by atoms with Crippen molar-refractivity contribution in [2.75, 3.05) is 26.2 Å². The molecule has 82 valence electrons. The second kappa shape index (κ2) is 7.02. The van der Waals surface area contributed by atoms with E-state index in [1.807, 2.05) is 6.08 Å². The van der Waals surface area contributed by atoms with Crippen LogP contribution in [0.15, 0.2) is 12.7 Å². The van der Waals surface area contributed by atoms with Crippen LogP contribution in [0.3, 0.4) is 0 Å². The van der Waals surface area contributed by atoms with Gasteiger partial charge in [-0.1, -0.05) is 13.0 Å². The number of nitrogens with one attached hydrogen (secondary N) is 1. The number of nitrogens with zero attached hydrogens (tertiary/aromatic N) is 1. The van der Waals surface area contributed by atoms with Crippen molar-refractivity contribution in [2.45, 2.75) is 38.6 Å². The van der Waals surface area contributed by atoms with Gasteiger partial charge in [-0.3, -0.25) is 4.90 Å². The minimum atomic E-state index is 0.777. The van der Waals surface area contributed by atoms with Gasteiger partial charge in [0.05, 0.1) is 0 Å². The van der Waals surface area contributed by atoms with Crippen LogP contribution < -0.4 is 5.32 Å². The second-order valence-electron chi connectivity index (χ2n) is 4.17. The molecule has 0 aromatic heterocycles. The van der Waals surface area contributed by atoms with Crippen molar-refractivity contribution in [3.8, 4) is 0 Å². The lowest BCUT2D eigenvalue weighted by molar-refractivity contribution is 0.285. The lowest BCUT2D eigenvalue weighted by atomic mass is 10.1. The third-order valence-electron chi connectivity index (χ3n) is 2.88. The van der Waals surface area contributed by atoms with Crippen molar-refractivity contribution >= 4 is 0 Å². The maximum atomic E-state index is 3.81. The Morgan fingerprint density at radius 3 is 2.93 bits per heavy atom. The Labute approximate surface area is 88.4 Å². The molecule has 1 fully saturated rings. The van der Waals surface area contributed by atoms with E-state index >= 15 is 0 Å². The fourth-order valence-electron chi connectivity index (χ4n) is 2.13. The molecule has 2 nitrogen and oxygen atoms in total. The van der Waals surface area contributed by atoms with Crippen molar-refractivity contribution in [3.05, 3.63) is 12.7 Å². The normalized spacial score (nSPS) is 21.7. The van der Waals surface area contributed by atoms with Crippen LogP contribution >= 0.6 is 0 Å². The van der Waals surface area contributed by atoms with Crippen LogP contribution in [0.5, 0.6) is 0 Å². The average Bonchev–Trinajstić information content (AvgIpc) is 2.67. The van der Waals surface area contributed by atoms with E-state index in [0.29, 0.717) is 0 Å². The Morgan fingerprint density at radius 1 is 1.50 bits per heavy atom. The first-order valence-electron chi connectivity index (χ1n) is 5.93. The Bertz CT molecular complexity index is 150. The molecule has 0 amide bonds. The molecule has 14 heavy (non-hydrogen) atoms. The fourth-order valence-corrected chi connectivity index (χ4v) is 2.13. The monoisotopic (exact) mass is 196 g/mol. The SMILES string of the molecule is C=CCN(CCC)CCC1CCCN1. The van der Waals surface area contributed by atoms with Crippen LogP contribution in [0.1, 0.15) is 32.6 Å². The Balaban J connectivity index is 2.13. The summed E-state index contributed by atoms with van der Waals surface area (Å²) in [6, 6.07) is 0.777. The zero-order valence-corrected chi connectivity index (χ0v) is 9.47. The van der Waals surface area contributed by atoms with Crippen molar-refractivity contribution in [2.24, 2.45) is 0 Å². The molecule has 0 saturated carbocycles. The average molecular weight is 196 g/mol. The molecule has 0 aromatic rings. The summed E-state index contributed by atoms with van der Waals surface area (Å²) >= 11 is 0. The van der Waals surface area contributed by atoms with E-state index in [-0.39, 0.29) is 0 Å². The van der Waals surface area contributed by atoms with E-state index in [2.05, 4.69) is 23.7 Å². The summed E-state index contributed by atoms with van der Waals surface area (Å²) in [5, 5.41) is 3.54. The van der Waals surface area contributed by atoms with Crippen molar-refractivity contribution in [1.82, 2.24) is 10.2 Å². The minimum absolute atomic E-state index is 0.777. The summed E-state index contributed by atoms with van der Waals surface area (Å²) < 4.78 is 0. The molecular formula is C12H24N2. The zero-order valence-electron chi connectivity index (χ0n) is 9.47. The largest absolute Gasteiger partial charge is 0.314 e. The van der Waals surface area contributed by atoms with Crippen LogP contribution in [0.4, 0.5) is 0 Å². The standard InChI is InChI=1S/C12H24N2/c1-3-9-14(10-4-2)11-7-12-6-5-8-13-12/h3,12-13H,1,4-11H2,2H3. The smallest absolute Gasteiger partial charge is 0.0160 e. The van der Waals surface area contributed by atoms with Gasteiger partial charge >= 0.3 is 0 Å². The Hall–Kier alpha value is -0.340. The summed E-state index contributed by atoms with van der Waals surface area (Å²) in [6.07, 6.45) is 7.28. The third-order valence-corrected chi connectivity index (χ3v) is 2.88. The zero-order chi connectivity index (χ0) is 10.2. The number of rotatable bonds is 7. The highest BCUT2D eigenvalue weighted by Crippen LogP contribution is 2.09. The van der Waals surface area contributed by atoms with Crippen LogP contribution in [0.2, 0.25) is 0 Å². The first-order valence-corrected chi connectivity index (χ1v) is 5.93. The van der Waals surface area contributed by atoms with Crippen LogP contribution in [0.25, 0.3) is 0 Å². The topological polar surface area (TPSA) is 15.3 Å². The van der Waals surface area contributed by atoms with Crippen molar-refractivity contribution < 1.29 is 0 Å². The highest BCUT2D eigenvalue weighted by molar-refractivity contribution is 4.78. The van der Waals surface area contributed by atoms with Crippen molar-refractivity contribution in [3.63, 3.8) is 0 Å². The van der Waals surface area contributed by atoms with E-state index < -0.39 is 0 Å². The van der Waals surface area contributed by atoms with Gasteiger partial charge < -0.3 is 5.32 Å². The van der Waals surface area contributed by atoms with E-state index in [1.54, 1.807) is 0 Å². The second-order valence-corrected chi connectivity index (χ2v) is 4.17. The molecular weight excluding hydrogens is 172 g/mol. The number of hydrogen-bond acceptors (Lipinski definition) is 2.